The molecule has 2 aromatic carbocycles. The van der Waals surface area contributed by atoms with Crippen molar-refractivity contribution in [3.63, 3.8) is 0 Å². The molecule has 45 heavy (non-hydrogen) atoms. The Kier molecular flexibility index (Phi) is 6.44. The van der Waals surface area contributed by atoms with Crippen molar-refractivity contribution in [1.29, 1.82) is 0 Å². The molecule has 2 aliphatic heterocycles. The van der Waals surface area contributed by atoms with Crippen molar-refractivity contribution in [2.45, 2.75) is 0 Å². The van der Waals surface area contributed by atoms with Gasteiger partial charge < -0.3 is 25.3 Å². The van der Waals surface area contributed by atoms with Crippen molar-refractivity contribution in [2.24, 2.45) is 0 Å². The molecule has 0 aliphatic carbocycles. The highest BCUT2D eigenvalue weighted by molar-refractivity contribution is 6.10. The maximum Gasteiger partial charge on any atom is 0.340 e. The number of hydrogen-bond donors (Lipinski definition) is 5. The number of carboxylic acids is 3. The second-order valence-electron chi connectivity index (χ2n) is 10.3. The number of H-pyrrole nitrogens is 2. The summed E-state index contributed by atoms with van der Waals surface area (Å²) in [4.78, 5) is 53.4. The Labute approximate surface area is 254 Å². The van der Waals surface area contributed by atoms with Crippen LogP contribution in [0.25, 0.3) is 68.6 Å². The number of aromatic amines is 2. The van der Waals surface area contributed by atoms with E-state index < -0.39 is 23.5 Å². The average molecular weight is 595 g/mol. The highest BCUT2D eigenvalue weighted by Gasteiger charge is 2.24. The summed E-state index contributed by atoms with van der Waals surface area (Å²) >= 11 is 0. The fourth-order valence-corrected chi connectivity index (χ4v) is 5.72. The minimum atomic E-state index is -1.44. The predicted octanol–water partition coefficient (Wildman–Crippen LogP) is 7.08. The molecule has 5 heterocycles. The minimum Gasteiger partial charge on any atom is -0.478 e. The zero-order chi connectivity index (χ0) is 31.2. The number of nitrogens with zero attached hydrogens (tertiary/aromatic N) is 2. The lowest BCUT2D eigenvalue weighted by molar-refractivity contribution is 0.0685. The van der Waals surface area contributed by atoms with Gasteiger partial charge in [-0.3, -0.25) is 0 Å². The standard InChI is InChI=1S/C35H22N4O6/c40-33(41)20-17-27-29(19-9-5-2-6-10-19)23-12-11-21(36-23)28(18-7-3-1-4-8-18)22-13-14-24(37-22)30(34(42)43)25-15-16-26(38-25)31(35(44)45)32(20)39-27/h1-17,37,39H,(H,40,41)(H,42,43)(H,44,45). The number of aromatic carboxylic acids is 3. The summed E-state index contributed by atoms with van der Waals surface area (Å²) in [6.45, 7) is 0. The van der Waals surface area contributed by atoms with E-state index in [2.05, 4.69) is 15.0 Å². The summed E-state index contributed by atoms with van der Waals surface area (Å²) < 4.78 is 0. The van der Waals surface area contributed by atoms with Crippen LogP contribution in [-0.2, 0) is 0 Å². The number of carboxylic acid groups (broad SMARTS) is 3. The number of nitrogens with one attached hydrogen (secondary N) is 2. The van der Waals surface area contributed by atoms with E-state index in [4.69, 9.17) is 4.98 Å². The van der Waals surface area contributed by atoms with Crippen molar-refractivity contribution >= 4 is 64.3 Å². The van der Waals surface area contributed by atoms with Gasteiger partial charge in [-0.05, 0) is 53.6 Å². The molecular formula is C35H22N4O6. The van der Waals surface area contributed by atoms with Crippen molar-refractivity contribution in [3.05, 3.63) is 118 Å². The fourth-order valence-electron chi connectivity index (χ4n) is 5.72. The van der Waals surface area contributed by atoms with Gasteiger partial charge in [-0.2, -0.15) is 0 Å². The fraction of sp³-hybridized carbons (Fsp3) is 0. The maximum absolute atomic E-state index is 12.7. The molecule has 10 heteroatoms. The van der Waals surface area contributed by atoms with Gasteiger partial charge >= 0.3 is 17.9 Å². The van der Waals surface area contributed by atoms with Crippen molar-refractivity contribution in [1.82, 2.24) is 19.9 Å². The van der Waals surface area contributed by atoms with E-state index in [1.54, 1.807) is 12.1 Å². The van der Waals surface area contributed by atoms with Gasteiger partial charge in [-0.15, -0.1) is 0 Å². The summed E-state index contributed by atoms with van der Waals surface area (Å²) in [7, 11) is 0. The van der Waals surface area contributed by atoms with E-state index in [1.165, 1.54) is 18.2 Å². The highest BCUT2D eigenvalue weighted by atomic mass is 16.4. The van der Waals surface area contributed by atoms with Crippen molar-refractivity contribution in [2.75, 3.05) is 0 Å². The first-order valence-electron chi connectivity index (χ1n) is 13.8. The quantitative estimate of drug-likeness (QED) is 0.141. The van der Waals surface area contributed by atoms with E-state index in [0.29, 0.717) is 33.5 Å². The van der Waals surface area contributed by atoms with Crippen LogP contribution in [-0.4, -0.2) is 53.2 Å². The zero-order valence-electron chi connectivity index (χ0n) is 23.3. The molecule has 218 valence electrons. The van der Waals surface area contributed by atoms with Gasteiger partial charge in [-0.1, -0.05) is 60.7 Å². The van der Waals surface area contributed by atoms with Gasteiger partial charge in [0.25, 0.3) is 0 Å². The lowest BCUT2D eigenvalue weighted by Crippen LogP contribution is -2.04. The summed E-state index contributed by atoms with van der Waals surface area (Å²) in [5.41, 5.74) is 3.94. The van der Waals surface area contributed by atoms with Crippen molar-refractivity contribution < 1.29 is 29.7 Å². The Hall–Kier alpha value is -6.55. The zero-order valence-corrected chi connectivity index (χ0v) is 23.3. The van der Waals surface area contributed by atoms with Crippen LogP contribution < -0.4 is 0 Å². The number of rotatable bonds is 5. The van der Waals surface area contributed by atoms with Crippen LogP contribution >= 0.6 is 0 Å². The molecule has 10 nitrogen and oxygen atoms in total. The molecule has 5 aromatic rings. The largest absolute Gasteiger partial charge is 0.478 e. The Balaban J connectivity index is 1.76. The number of carbonyl (C=O) groups is 3. The summed E-state index contributed by atoms with van der Waals surface area (Å²) in [6, 6.07) is 23.6. The lowest BCUT2D eigenvalue weighted by atomic mass is 10.0. The normalized spacial score (nSPS) is 11.9. The third kappa shape index (κ3) is 4.66. The maximum atomic E-state index is 12.7. The number of benzene rings is 2. The topological polar surface area (TPSA) is 169 Å². The first kappa shape index (κ1) is 27.3. The Morgan fingerprint density at radius 1 is 0.511 bits per heavy atom. The Morgan fingerprint density at radius 2 is 1.00 bits per heavy atom. The monoisotopic (exact) mass is 594 g/mol. The second-order valence-corrected chi connectivity index (χ2v) is 10.3. The van der Waals surface area contributed by atoms with Crippen molar-refractivity contribution in [3.8, 4) is 22.3 Å². The molecule has 0 unspecified atom stereocenters. The van der Waals surface area contributed by atoms with Gasteiger partial charge in [0.15, 0.2) is 0 Å². The molecule has 7 rings (SSSR count). The first-order chi connectivity index (χ1) is 21.8. The average Bonchev–Trinajstić information content (AvgIpc) is 3.84. The lowest BCUT2D eigenvalue weighted by Gasteiger charge is -2.05. The van der Waals surface area contributed by atoms with Gasteiger partial charge in [0, 0.05) is 22.2 Å². The summed E-state index contributed by atoms with van der Waals surface area (Å²) in [5, 5.41) is 30.7. The van der Waals surface area contributed by atoms with Crippen LogP contribution in [0.4, 0.5) is 0 Å². The van der Waals surface area contributed by atoms with Crippen LogP contribution in [0.15, 0.2) is 78.9 Å². The van der Waals surface area contributed by atoms with Crippen LogP contribution in [0.5, 0.6) is 0 Å². The van der Waals surface area contributed by atoms with Crippen LogP contribution in [0.3, 0.4) is 0 Å². The molecule has 0 amide bonds. The molecule has 2 aliphatic rings. The van der Waals surface area contributed by atoms with Crippen LogP contribution in [0.1, 0.15) is 53.8 Å². The number of fused-ring (bicyclic) bond motifs is 8. The molecule has 0 saturated heterocycles. The molecular weight excluding hydrogens is 572 g/mol. The smallest absolute Gasteiger partial charge is 0.340 e. The molecule has 0 spiro atoms. The van der Waals surface area contributed by atoms with E-state index in [-0.39, 0.29) is 33.5 Å². The molecule has 0 radical (unpaired) electrons. The third-order valence-corrected chi connectivity index (χ3v) is 7.65. The predicted molar refractivity (Wildman–Crippen MR) is 171 cm³/mol. The molecule has 8 bridgehead atoms. The summed E-state index contributed by atoms with van der Waals surface area (Å²) in [5.74, 6) is -4.07. The molecule has 0 saturated carbocycles. The SMILES string of the molecule is O=C(O)c1c2nc(c(C(=O)O)c3[nH]c(cc3C(=O)O)c(-c3ccccc3)c3nc(c(-c4ccccc4)c4ccc1[nH]4)C=C3)C=C2. The van der Waals surface area contributed by atoms with Gasteiger partial charge in [-0.25, -0.2) is 24.4 Å². The molecule has 0 fully saturated rings. The highest BCUT2D eigenvalue weighted by Crippen LogP contribution is 2.35. The van der Waals surface area contributed by atoms with Gasteiger partial charge in [0.05, 0.1) is 39.4 Å². The van der Waals surface area contributed by atoms with E-state index in [1.807, 2.05) is 72.8 Å². The number of aromatic nitrogens is 4. The third-order valence-electron chi connectivity index (χ3n) is 7.65. The molecule has 5 N–H and O–H groups in total. The summed E-state index contributed by atoms with van der Waals surface area (Å²) in [6.07, 6.45) is 6.41. The number of hydrogen-bond acceptors (Lipinski definition) is 5. The molecule has 0 atom stereocenters. The first-order valence-corrected chi connectivity index (χ1v) is 13.8. The van der Waals surface area contributed by atoms with Crippen LogP contribution in [0.2, 0.25) is 0 Å². The van der Waals surface area contributed by atoms with E-state index >= 15 is 0 Å². The van der Waals surface area contributed by atoms with E-state index in [0.717, 1.165) is 11.1 Å². The molecule has 3 aromatic heterocycles. The van der Waals surface area contributed by atoms with E-state index in [9.17, 15) is 29.7 Å². The minimum absolute atomic E-state index is 0.00641. The Morgan fingerprint density at radius 3 is 1.56 bits per heavy atom. The second kappa shape index (κ2) is 10.6. The van der Waals surface area contributed by atoms with Crippen LogP contribution in [0, 0.1) is 0 Å². The van der Waals surface area contributed by atoms with Gasteiger partial charge in [0.1, 0.15) is 11.1 Å². The van der Waals surface area contributed by atoms with Gasteiger partial charge in [0.2, 0.25) is 0 Å². The Bertz CT molecular complexity index is 2300.